The molecule has 0 saturated carbocycles. The fourth-order valence-corrected chi connectivity index (χ4v) is 2.18. The standard InChI is InChI=1S/C13H16O7.Na.H/c14-9-6-20-12(18)10(15)13(9,19)5-7-1-3-8(4-2-7)11(16)17;;/h1-4,9-10,12,14-15,18-19H,5-6H2,(H,16,17);;/q;+1;-1/t9-,10+,12+,13+;;/m1../s1. The van der Waals surface area contributed by atoms with Crippen LogP contribution in [0.5, 0.6) is 0 Å². The molecule has 1 heterocycles. The molecule has 21 heavy (non-hydrogen) atoms. The van der Waals surface area contributed by atoms with Crippen molar-refractivity contribution in [2.75, 3.05) is 6.61 Å². The van der Waals surface area contributed by atoms with Crippen molar-refractivity contribution < 1.29 is 66.0 Å². The summed E-state index contributed by atoms with van der Waals surface area (Å²) >= 11 is 0. The van der Waals surface area contributed by atoms with Crippen molar-refractivity contribution in [2.45, 2.75) is 30.5 Å². The first-order valence-corrected chi connectivity index (χ1v) is 6.05. The molecule has 1 aromatic carbocycles. The van der Waals surface area contributed by atoms with Gasteiger partial charge in [-0.15, -0.1) is 0 Å². The summed E-state index contributed by atoms with van der Waals surface area (Å²) in [7, 11) is 0. The van der Waals surface area contributed by atoms with Crippen molar-refractivity contribution in [3.05, 3.63) is 35.4 Å². The number of aromatic carboxylic acids is 1. The van der Waals surface area contributed by atoms with Gasteiger partial charge in [-0.05, 0) is 17.7 Å². The van der Waals surface area contributed by atoms with Crippen LogP contribution in [0.3, 0.4) is 0 Å². The Morgan fingerprint density at radius 2 is 1.86 bits per heavy atom. The fraction of sp³-hybridized carbons (Fsp3) is 0.462. The largest absolute Gasteiger partial charge is 1.00 e. The van der Waals surface area contributed by atoms with Crippen LogP contribution in [0.25, 0.3) is 0 Å². The molecule has 0 aromatic heterocycles. The molecule has 1 aliphatic heterocycles. The van der Waals surface area contributed by atoms with Gasteiger partial charge in [-0.1, -0.05) is 12.1 Å². The Bertz CT molecular complexity index is 498. The Labute approximate surface area is 144 Å². The summed E-state index contributed by atoms with van der Waals surface area (Å²) in [6.07, 6.45) is -4.75. The Morgan fingerprint density at radius 1 is 1.29 bits per heavy atom. The van der Waals surface area contributed by atoms with Crippen LogP contribution >= 0.6 is 0 Å². The molecule has 5 N–H and O–H groups in total. The molecule has 0 bridgehead atoms. The van der Waals surface area contributed by atoms with Crippen molar-refractivity contribution in [1.29, 1.82) is 0 Å². The third-order valence-electron chi connectivity index (χ3n) is 3.47. The normalized spacial score (nSPS) is 32.3. The summed E-state index contributed by atoms with van der Waals surface area (Å²) in [4.78, 5) is 10.7. The number of aliphatic hydroxyl groups excluding tert-OH is 3. The van der Waals surface area contributed by atoms with Gasteiger partial charge in [0.05, 0.1) is 12.2 Å². The minimum Gasteiger partial charge on any atom is -1.00 e. The van der Waals surface area contributed by atoms with Gasteiger partial charge in [0, 0.05) is 6.42 Å². The van der Waals surface area contributed by atoms with E-state index in [2.05, 4.69) is 0 Å². The molecule has 1 aromatic rings. The maximum atomic E-state index is 10.7. The van der Waals surface area contributed by atoms with E-state index in [1.54, 1.807) is 0 Å². The number of ether oxygens (including phenoxy) is 1. The molecule has 1 saturated heterocycles. The number of carboxylic acid groups (broad SMARTS) is 1. The monoisotopic (exact) mass is 308 g/mol. The second-order valence-electron chi connectivity index (χ2n) is 4.85. The van der Waals surface area contributed by atoms with Crippen molar-refractivity contribution in [3.8, 4) is 0 Å². The number of benzene rings is 1. The van der Waals surface area contributed by atoms with Gasteiger partial charge in [-0.25, -0.2) is 4.79 Å². The molecule has 7 nitrogen and oxygen atoms in total. The SMILES string of the molecule is O=C(O)c1ccc(C[C@]2(O)[C@H](O)CO[C@H](O)[C@@H]2O)cc1.[H-].[Na+]. The van der Waals surface area contributed by atoms with Crippen molar-refractivity contribution in [2.24, 2.45) is 0 Å². The number of carboxylic acids is 1. The van der Waals surface area contributed by atoms with Crippen LogP contribution in [0.1, 0.15) is 17.3 Å². The number of carbonyl (C=O) groups is 1. The van der Waals surface area contributed by atoms with Gasteiger partial charge in [0.25, 0.3) is 0 Å². The van der Waals surface area contributed by atoms with Gasteiger partial charge < -0.3 is 31.7 Å². The van der Waals surface area contributed by atoms with Crippen molar-refractivity contribution in [3.63, 3.8) is 0 Å². The van der Waals surface area contributed by atoms with E-state index in [0.29, 0.717) is 5.56 Å². The zero-order valence-corrected chi connectivity index (χ0v) is 13.5. The van der Waals surface area contributed by atoms with E-state index < -0.39 is 30.1 Å². The summed E-state index contributed by atoms with van der Waals surface area (Å²) in [5.74, 6) is -1.07. The number of hydrogen-bond donors (Lipinski definition) is 5. The average Bonchev–Trinajstić information content (AvgIpc) is 2.42. The summed E-state index contributed by atoms with van der Waals surface area (Å²) < 4.78 is 4.70. The third-order valence-corrected chi connectivity index (χ3v) is 3.47. The molecule has 0 radical (unpaired) electrons. The first-order valence-electron chi connectivity index (χ1n) is 6.05. The molecule has 0 spiro atoms. The topological polar surface area (TPSA) is 127 Å². The average molecular weight is 308 g/mol. The van der Waals surface area contributed by atoms with Gasteiger partial charge in [0.1, 0.15) is 17.8 Å². The maximum Gasteiger partial charge on any atom is 1.00 e. The van der Waals surface area contributed by atoms with Crippen LogP contribution in [0.4, 0.5) is 0 Å². The third kappa shape index (κ3) is 3.82. The molecular weight excluding hydrogens is 291 g/mol. The van der Waals surface area contributed by atoms with E-state index in [9.17, 15) is 25.2 Å². The van der Waals surface area contributed by atoms with Gasteiger partial charge in [-0.3, -0.25) is 0 Å². The second-order valence-corrected chi connectivity index (χ2v) is 4.85. The minimum absolute atomic E-state index is 0. The van der Waals surface area contributed by atoms with Crippen LogP contribution < -0.4 is 29.6 Å². The minimum atomic E-state index is -1.96. The summed E-state index contributed by atoms with van der Waals surface area (Å²) in [6, 6.07) is 5.66. The first-order chi connectivity index (χ1) is 9.34. The van der Waals surface area contributed by atoms with E-state index in [-0.39, 0.29) is 49.6 Å². The number of hydrogen-bond acceptors (Lipinski definition) is 6. The summed E-state index contributed by atoms with van der Waals surface area (Å²) in [5.41, 5.74) is -1.35. The van der Waals surface area contributed by atoms with Crippen molar-refractivity contribution >= 4 is 5.97 Å². The van der Waals surface area contributed by atoms with Crippen LogP contribution in [0.15, 0.2) is 24.3 Å². The summed E-state index contributed by atoms with van der Waals surface area (Å²) in [5, 5.41) is 48.1. The van der Waals surface area contributed by atoms with Crippen molar-refractivity contribution in [1.82, 2.24) is 0 Å². The molecule has 1 fully saturated rings. The fourth-order valence-electron chi connectivity index (χ4n) is 2.18. The van der Waals surface area contributed by atoms with E-state index in [1.165, 1.54) is 24.3 Å². The van der Waals surface area contributed by atoms with Gasteiger partial charge >= 0.3 is 35.5 Å². The van der Waals surface area contributed by atoms with E-state index >= 15 is 0 Å². The zero-order chi connectivity index (χ0) is 14.9. The molecule has 0 amide bonds. The predicted octanol–water partition coefficient (Wildman–Crippen LogP) is -4.15. The molecule has 0 unspecified atom stereocenters. The zero-order valence-electron chi connectivity index (χ0n) is 12.5. The molecule has 112 valence electrons. The number of aliphatic hydroxyl groups is 4. The quantitative estimate of drug-likeness (QED) is 0.359. The van der Waals surface area contributed by atoms with Gasteiger partial charge in [-0.2, -0.15) is 0 Å². The van der Waals surface area contributed by atoms with Crippen LogP contribution in [0, 0.1) is 0 Å². The first kappa shape index (κ1) is 18.5. The molecule has 2 rings (SSSR count). The summed E-state index contributed by atoms with van der Waals surface area (Å²) in [6.45, 7) is -0.304. The molecular formula is C13H17NaO7. The van der Waals surface area contributed by atoms with E-state index in [0.717, 1.165) is 0 Å². The Kier molecular flexibility index (Phi) is 6.33. The van der Waals surface area contributed by atoms with Crippen LogP contribution in [-0.4, -0.2) is 62.2 Å². The Balaban J connectivity index is 0.00000220. The predicted molar refractivity (Wildman–Crippen MR) is 67.1 cm³/mol. The smallest absolute Gasteiger partial charge is 1.00 e. The van der Waals surface area contributed by atoms with E-state index in [4.69, 9.17) is 9.84 Å². The van der Waals surface area contributed by atoms with Gasteiger partial charge in [0.2, 0.25) is 0 Å². The maximum absolute atomic E-state index is 10.7. The second kappa shape index (κ2) is 7.17. The molecule has 0 aliphatic carbocycles. The van der Waals surface area contributed by atoms with Crippen LogP contribution in [-0.2, 0) is 11.2 Å². The van der Waals surface area contributed by atoms with E-state index in [1.807, 2.05) is 0 Å². The Morgan fingerprint density at radius 3 is 2.38 bits per heavy atom. The molecule has 8 heteroatoms. The molecule has 1 aliphatic rings. The molecule has 4 atom stereocenters. The van der Waals surface area contributed by atoms with Crippen LogP contribution in [0.2, 0.25) is 0 Å². The number of rotatable bonds is 3. The Hall–Kier alpha value is -0.510. The van der Waals surface area contributed by atoms with Gasteiger partial charge in [0.15, 0.2) is 6.29 Å².